The molecule has 214 valence electrons. The summed E-state index contributed by atoms with van der Waals surface area (Å²) in [5, 5.41) is 12.1. The molecular weight excluding hydrogens is 514 g/mol. The van der Waals surface area contributed by atoms with E-state index in [0.29, 0.717) is 18.8 Å². The average molecular weight is 552 g/mol. The van der Waals surface area contributed by atoms with Gasteiger partial charge in [0, 0.05) is 56.9 Å². The van der Waals surface area contributed by atoms with Crippen LogP contribution in [-0.4, -0.2) is 95.7 Å². The summed E-state index contributed by atoms with van der Waals surface area (Å²) < 4.78 is 5.04. The highest BCUT2D eigenvalue weighted by atomic mass is 16.6. The molecule has 1 aromatic heterocycles. The largest absolute Gasteiger partial charge is 0.481 e. The zero-order valence-electron chi connectivity index (χ0n) is 22.9. The third-order valence-electron chi connectivity index (χ3n) is 7.20. The van der Waals surface area contributed by atoms with E-state index in [0.717, 1.165) is 37.2 Å². The molecule has 0 unspecified atom stereocenters. The Balaban J connectivity index is 1.54. The molecule has 4 rings (SSSR count). The summed E-state index contributed by atoms with van der Waals surface area (Å²) >= 11 is 0. The van der Waals surface area contributed by atoms with Crippen molar-refractivity contribution in [1.29, 1.82) is 0 Å². The van der Waals surface area contributed by atoms with Crippen LogP contribution in [-0.2, 0) is 14.3 Å². The molecule has 2 aliphatic rings. The Morgan fingerprint density at radius 1 is 0.950 bits per heavy atom. The number of piperazine rings is 1. The molecule has 3 amide bonds. The Morgan fingerprint density at radius 2 is 1.62 bits per heavy atom. The standard InChI is InChI=1S/C29H37N5O6/c1-2-40-29(39)34-17-15-33(16-18-34)28(38)23(11-12-26(35)36)31-27(37)25-20-22(32-13-7-4-8-14-32)19-24(30-25)21-9-5-3-6-10-21/h3,5-6,9-10,19-20,23H,2,4,7-8,11-18H2,1H3,(H,31,37)(H,35,36)/t23-/m0/s1. The first-order valence-electron chi connectivity index (χ1n) is 13.9. The first-order valence-corrected chi connectivity index (χ1v) is 13.9. The van der Waals surface area contributed by atoms with E-state index in [1.165, 1.54) is 11.3 Å². The Bertz CT molecular complexity index is 1190. The SMILES string of the molecule is CCOC(=O)N1CCN(C(=O)[C@H](CCC(=O)O)NC(=O)c2cc(N3CCCCC3)cc(-c3ccccc3)n2)CC1. The molecule has 11 heteroatoms. The third-order valence-corrected chi connectivity index (χ3v) is 7.20. The third kappa shape index (κ3) is 7.49. The van der Waals surface area contributed by atoms with Gasteiger partial charge in [0.15, 0.2) is 0 Å². The quantitative estimate of drug-likeness (QED) is 0.486. The van der Waals surface area contributed by atoms with Gasteiger partial charge in [0.25, 0.3) is 5.91 Å². The van der Waals surface area contributed by atoms with Crippen LogP contribution in [0.3, 0.4) is 0 Å². The highest BCUT2D eigenvalue weighted by molar-refractivity contribution is 5.97. The van der Waals surface area contributed by atoms with Gasteiger partial charge in [0.2, 0.25) is 5.91 Å². The number of nitrogens with one attached hydrogen (secondary N) is 1. The lowest BCUT2D eigenvalue weighted by Crippen LogP contribution is -2.56. The van der Waals surface area contributed by atoms with Crippen molar-refractivity contribution in [3.63, 3.8) is 0 Å². The zero-order valence-corrected chi connectivity index (χ0v) is 22.9. The topological polar surface area (TPSA) is 132 Å². The van der Waals surface area contributed by atoms with Gasteiger partial charge in [0.1, 0.15) is 11.7 Å². The van der Waals surface area contributed by atoms with Crippen LogP contribution in [0.1, 0.15) is 49.5 Å². The number of piperidine rings is 1. The Labute approximate surface area is 234 Å². The number of carbonyl (C=O) groups is 4. The molecule has 0 aliphatic carbocycles. The van der Waals surface area contributed by atoms with E-state index in [1.807, 2.05) is 36.4 Å². The molecule has 2 N–H and O–H groups in total. The number of hydrogen-bond acceptors (Lipinski definition) is 7. The number of aliphatic carboxylic acids is 1. The molecule has 40 heavy (non-hydrogen) atoms. The second kappa shape index (κ2) is 13.8. The summed E-state index contributed by atoms with van der Waals surface area (Å²) in [7, 11) is 0. The van der Waals surface area contributed by atoms with Gasteiger partial charge in [-0.05, 0) is 44.7 Å². The molecular formula is C29H37N5O6. The van der Waals surface area contributed by atoms with Crippen molar-refractivity contribution in [2.24, 2.45) is 0 Å². The number of carbonyl (C=O) groups excluding carboxylic acids is 3. The summed E-state index contributed by atoms with van der Waals surface area (Å²) in [6, 6.07) is 12.3. The van der Waals surface area contributed by atoms with Gasteiger partial charge in [0.05, 0.1) is 12.3 Å². The van der Waals surface area contributed by atoms with E-state index in [1.54, 1.807) is 17.9 Å². The number of carboxylic acid groups (broad SMARTS) is 1. The van der Waals surface area contributed by atoms with E-state index in [2.05, 4.69) is 15.2 Å². The first kappa shape index (κ1) is 28.8. The lowest BCUT2D eigenvalue weighted by atomic mass is 10.1. The molecule has 2 fully saturated rings. The van der Waals surface area contributed by atoms with Gasteiger partial charge in [-0.25, -0.2) is 9.78 Å². The number of aromatic nitrogens is 1. The highest BCUT2D eigenvalue weighted by Gasteiger charge is 2.31. The van der Waals surface area contributed by atoms with E-state index in [9.17, 15) is 24.3 Å². The monoisotopic (exact) mass is 551 g/mol. The van der Waals surface area contributed by atoms with Crippen LogP contribution in [0.15, 0.2) is 42.5 Å². The number of ether oxygens (including phenoxy) is 1. The fraction of sp³-hybridized carbons (Fsp3) is 0.483. The first-order chi connectivity index (χ1) is 19.4. The minimum absolute atomic E-state index is 0.0602. The van der Waals surface area contributed by atoms with Crippen LogP contribution in [0.4, 0.5) is 10.5 Å². The summed E-state index contributed by atoms with van der Waals surface area (Å²) in [4.78, 5) is 60.3. The lowest BCUT2D eigenvalue weighted by molar-refractivity contribution is -0.138. The number of nitrogens with zero attached hydrogens (tertiary/aromatic N) is 4. The molecule has 0 radical (unpaired) electrons. The van der Waals surface area contributed by atoms with Crippen molar-refractivity contribution in [3.8, 4) is 11.3 Å². The summed E-state index contributed by atoms with van der Waals surface area (Å²) in [5.74, 6) is -1.98. The predicted molar refractivity (Wildman–Crippen MR) is 149 cm³/mol. The molecule has 0 spiro atoms. The molecule has 0 saturated carbocycles. The van der Waals surface area contributed by atoms with Crippen molar-refractivity contribution in [3.05, 3.63) is 48.2 Å². The molecule has 2 aliphatic heterocycles. The number of carboxylic acids is 1. The molecule has 2 saturated heterocycles. The zero-order chi connectivity index (χ0) is 28.5. The maximum atomic E-state index is 13.5. The molecule has 2 aromatic rings. The summed E-state index contributed by atoms with van der Waals surface area (Å²) in [6.45, 7) is 4.88. The molecule has 1 aromatic carbocycles. The number of pyridine rings is 1. The van der Waals surface area contributed by atoms with Crippen LogP contribution < -0.4 is 10.2 Å². The smallest absolute Gasteiger partial charge is 0.409 e. The number of benzene rings is 1. The highest BCUT2D eigenvalue weighted by Crippen LogP contribution is 2.27. The molecule has 0 bridgehead atoms. The maximum absolute atomic E-state index is 13.5. The number of hydrogen-bond donors (Lipinski definition) is 2. The Morgan fingerprint density at radius 3 is 2.27 bits per heavy atom. The second-order valence-corrected chi connectivity index (χ2v) is 9.98. The van der Waals surface area contributed by atoms with Crippen LogP contribution >= 0.6 is 0 Å². The fourth-order valence-electron chi connectivity index (χ4n) is 5.03. The van der Waals surface area contributed by atoms with Gasteiger partial charge in [-0.15, -0.1) is 0 Å². The molecule has 11 nitrogen and oxygen atoms in total. The number of amides is 3. The minimum atomic E-state index is -1.06. The van der Waals surface area contributed by atoms with E-state index < -0.39 is 24.0 Å². The van der Waals surface area contributed by atoms with Gasteiger partial charge >= 0.3 is 12.1 Å². The van der Waals surface area contributed by atoms with Crippen LogP contribution in [0.5, 0.6) is 0 Å². The minimum Gasteiger partial charge on any atom is -0.481 e. The van der Waals surface area contributed by atoms with Gasteiger partial charge in [-0.3, -0.25) is 14.4 Å². The normalized spacial score (nSPS) is 16.3. The van der Waals surface area contributed by atoms with E-state index >= 15 is 0 Å². The molecule has 3 heterocycles. The summed E-state index contributed by atoms with van der Waals surface area (Å²) in [6.07, 6.45) is 2.53. The molecule has 1 atom stereocenters. The fourth-order valence-corrected chi connectivity index (χ4v) is 5.03. The van der Waals surface area contributed by atoms with E-state index in [4.69, 9.17) is 4.74 Å². The predicted octanol–water partition coefficient (Wildman–Crippen LogP) is 3.00. The van der Waals surface area contributed by atoms with Crippen molar-refractivity contribution in [2.75, 3.05) is 50.8 Å². The van der Waals surface area contributed by atoms with Gasteiger partial charge in [-0.2, -0.15) is 0 Å². The number of rotatable bonds is 9. The Kier molecular flexibility index (Phi) is 9.93. The van der Waals surface area contributed by atoms with Gasteiger partial charge < -0.3 is 29.9 Å². The van der Waals surface area contributed by atoms with Crippen molar-refractivity contribution in [1.82, 2.24) is 20.1 Å². The van der Waals surface area contributed by atoms with Crippen molar-refractivity contribution in [2.45, 2.75) is 45.1 Å². The second-order valence-electron chi connectivity index (χ2n) is 9.98. The van der Waals surface area contributed by atoms with Crippen LogP contribution in [0.2, 0.25) is 0 Å². The van der Waals surface area contributed by atoms with Crippen molar-refractivity contribution < 1.29 is 29.0 Å². The lowest BCUT2D eigenvalue weighted by Gasteiger charge is -2.36. The number of anilines is 1. The summed E-state index contributed by atoms with van der Waals surface area (Å²) in [5.41, 5.74) is 2.58. The van der Waals surface area contributed by atoms with Crippen molar-refractivity contribution >= 4 is 29.6 Å². The maximum Gasteiger partial charge on any atom is 0.409 e. The van der Waals surface area contributed by atoms with E-state index in [-0.39, 0.29) is 44.1 Å². The van der Waals surface area contributed by atoms with Crippen LogP contribution in [0, 0.1) is 0 Å². The Hall–Kier alpha value is -4.15. The van der Waals surface area contributed by atoms with Crippen LogP contribution in [0.25, 0.3) is 11.3 Å². The van der Waals surface area contributed by atoms with Gasteiger partial charge in [-0.1, -0.05) is 30.3 Å². The average Bonchev–Trinajstić information content (AvgIpc) is 2.99.